The summed E-state index contributed by atoms with van der Waals surface area (Å²) in [6, 6.07) is 8.51. The summed E-state index contributed by atoms with van der Waals surface area (Å²) in [6.45, 7) is 1.84. The van der Waals surface area contributed by atoms with Crippen molar-refractivity contribution in [1.82, 2.24) is 4.98 Å². The van der Waals surface area contributed by atoms with Crippen molar-refractivity contribution in [3.8, 4) is 17.6 Å². The molecule has 0 aliphatic heterocycles. The average Bonchev–Trinajstić information content (AvgIpc) is 2.33. The van der Waals surface area contributed by atoms with Gasteiger partial charge in [0.15, 0.2) is 0 Å². The molecule has 0 radical (unpaired) electrons. The molecule has 2 rings (SSSR count). The van der Waals surface area contributed by atoms with E-state index in [0.29, 0.717) is 27.1 Å². The number of rotatable bonds is 2. The Balaban J connectivity index is 2.37. The van der Waals surface area contributed by atoms with Crippen LogP contribution in [0.3, 0.4) is 0 Å². The van der Waals surface area contributed by atoms with Gasteiger partial charge in [-0.1, -0.05) is 23.2 Å². The Morgan fingerprint density at radius 1 is 1.22 bits per heavy atom. The number of pyridine rings is 1. The summed E-state index contributed by atoms with van der Waals surface area (Å²) in [5.41, 5.74) is 1.22. The maximum atomic E-state index is 8.85. The van der Waals surface area contributed by atoms with Crippen molar-refractivity contribution < 1.29 is 4.74 Å². The van der Waals surface area contributed by atoms with E-state index in [1.165, 1.54) is 6.20 Å². The predicted octanol–water partition coefficient (Wildman–Crippen LogP) is 4.36. The second kappa shape index (κ2) is 5.26. The van der Waals surface area contributed by atoms with E-state index in [9.17, 15) is 0 Å². The summed E-state index contributed by atoms with van der Waals surface area (Å²) in [6.07, 6.45) is 1.52. The van der Waals surface area contributed by atoms with E-state index >= 15 is 0 Å². The summed E-state index contributed by atoms with van der Waals surface area (Å²) in [7, 11) is 0. The Kier molecular flexibility index (Phi) is 3.71. The van der Waals surface area contributed by atoms with Crippen molar-refractivity contribution in [1.29, 1.82) is 5.26 Å². The monoisotopic (exact) mass is 278 g/mol. The SMILES string of the molecule is Cc1cc(Oc2cc(Cl)cc(C#N)c2)c(Cl)cn1. The smallest absolute Gasteiger partial charge is 0.149 e. The largest absolute Gasteiger partial charge is 0.456 e. The summed E-state index contributed by atoms with van der Waals surface area (Å²) >= 11 is 11.9. The van der Waals surface area contributed by atoms with Crippen LogP contribution < -0.4 is 4.74 Å². The highest BCUT2D eigenvalue weighted by Crippen LogP contribution is 2.31. The number of hydrogen-bond acceptors (Lipinski definition) is 3. The topological polar surface area (TPSA) is 45.9 Å². The Morgan fingerprint density at radius 3 is 2.72 bits per heavy atom. The number of aromatic nitrogens is 1. The number of ether oxygens (including phenoxy) is 1. The zero-order chi connectivity index (χ0) is 13.1. The number of nitrogens with zero attached hydrogens (tertiary/aromatic N) is 2. The summed E-state index contributed by atoms with van der Waals surface area (Å²) in [5.74, 6) is 0.946. The second-order valence-corrected chi connectivity index (χ2v) is 4.49. The molecule has 90 valence electrons. The lowest BCUT2D eigenvalue weighted by molar-refractivity contribution is 0.481. The first kappa shape index (κ1) is 12.7. The third-order valence-electron chi connectivity index (χ3n) is 2.19. The third kappa shape index (κ3) is 2.92. The molecule has 0 aliphatic carbocycles. The first-order valence-electron chi connectivity index (χ1n) is 5.09. The normalized spacial score (nSPS) is 9.89. The predicted molar refractivity (Wildman–Crippen MR) is 70.2 cm³/mol. The maximum Gasteiger partial charge on any atom is 0.149 e. The van der Waals surface area contributed by atoms with Gasteiger partial charge in [0, 0.05) is 23.0 Å². The van der Waals surface area contributed by atoms with Crippen LogP contribution >= 0.6 is 23.2 Å². The lowest BCUT2D eigenvalue weighted by atomic mass is 10.2. The minimum absolute atomic E-state index is 0.402. The molecule has 0 unspecified atom stereocenters. The zero-order valence-corrected chi connectivity index (χ0v) is 11.0. The van der Waals surface area contributed by atoms with Crippen LogP contribution in [0.2, 0.25) is 10.0 Å². The van der Waals surface area contributed by atoms with Gasteiger partial charge in [0.25, 0.3) is 0 Å². The molecule has 0 spiro atoms. The van der Waals surface area contributed by atoms with Crippen LogP contribution in [0.5, 0.6) is 11.5 Å². The minimum atomic E-state index is 0.402. The summed E-state index contributed by atoms with van der Waals surface area (Å²) in [5, 5.41) is 9.69. The number of benzene rings is 1. The molecule has 2 aromatic rings. The molecule has 0 saturated heterocycles. The Labute approximate surface area is 115 Å². The van der Waals surface area contributed by atoms with Crippen molar-refractivity contribution in [2.75, 3.05) is 0 Å². The lowest BCUT2D eigenvalue weighted by Gasteiger charge is -2.08. The van der Waals surface area contributed by atoms with Crippen molar-refractivity contribution in [2.24, 2.45) is 0 Å². The molecule has 0 saturated carbocycles. The van der Waals surface area contributed by atoms with Gasteiger partial charge in [0.1, 0.15) is 16.5 Å². The van der Waals surface area contributed by atoms with Crippen LogP contribution in [0, 0.1) is 18.3 Å². The van der Waals surface area contributed by atoms with Gasteiger partial charge < -0.3 is 4.74 Å². The second-order valence-electron chi connectivity index (χ2n) is 3.65. The van der Waals surface area contributed by atoms with E-state index in [1.807, 2.05) is 13.0 Å². The van der Waals surface area contributed by atoms with Gasteiger partial charge in [0.05, 0.1) is 11.6 Å². The minimum Gasteiger partial charge on any atom is -0.456 e. The number of nitriles is 1. The van der Waals surface area contributed by atoms with Crippen LogP contribution in [0.15, 0.2) is 30.5 Å². The molecule has 0 bridgehead atoms. The molecule has 1 heterocycles. The Bertz CT molecular complexity index is 635. The van der Waals surface area contributed by atoms with E-state index in [4.69, 9.17) is 33.2 Å². The number of hydrogen-bond donors (Lipinski definition) is 0. The van der Waals surface area contributed by atoms with Gasteiger partial charge in [0.2, 0.25) is 0 Å². The first-order chi connectivity index (χ1) is 8.58. The molecule has 0 amide bonds. The summed E-state index contributed by atoms with van der Waals surface area (Å²) < 4.78 is 5.61. The van der Waals surface area contributed by atoms with Gasteiger partial charge in [-0.15, -0.1) is 0 Å². The highest BCUT2D eigenvalue weighted by atomic mass is 35.5. The van der Waals surface area contributed by atoms with E-state index < -0.39 is 0 Å². The molecule has 18 heavy (non-hydrogen) atoms. The molecule has 0 N–H and O–H groups in total. The van der Waals surface area contributed by atoms with Gasteiger partial charge in [-0.25, -0.2) is 0 Å². The van der Waals surface area contributed by atoms with Crippen LogP contribution in [-0.4, -0.2) is 4.98 Å². The average molecular weight is 279 g/mol. The molecule has 5 heteroatoms. The fraction of sp³-hybridized carbons (Fsp3) is 0.0769. The van der Waals surface area contributed by atoms with Crippen LogP contribution in [-0.2, 0) is 0 Å². The highest BCUT2D eigenvalue weighted by Gasteiger charge is 2.06. The van der Waals surface area contributed by atoms with Gasteiger partial charge in [-0.3, -0.25) is 4.98 Å². The van der Waals surface area contributed by atoms with Crippen molar-refractivity contribution in [3.63, 3.8) is 0 Å². The highest BCUT2D eigenvalue weighted by molar-refractivity contribution is 6.32. The van der Waals surface area contributed by atoms with Gasteiger partial charge >= 0.3 is 0 Å². The molecule has 0 atom stereocenters. The first-order valence-corrected chi connectivity index (χ1v) is 5.85. The number of aryl methyl sites for hydroxylation is 1. The standard InChI is InChI=1S/C13H8Cl2N2O/c1-8-2-13(12(15)7-17-8)18-11-4-9(6-16)3-10(14)5-11/h2-5,7H,1H3. The van der Waals surface area contributed by atoms with Crippen molar-refractivity contribution in [3.05, 3.63) is 51.8 Å². The molecule has 1 aromatic heterocycles. The third-order valence-corrected chi connectivity index (χ3v) is 2.69. The van der Waals surface area contributed by atoms with Gasteiger partial charge in [-0.2, -0.15) is 5.26 Å². The number of halogens is 2. The van der Waals surface area contributed by atoms with Crippen LogP contribution in [0.4, 0.5) is 0 Å². The van der Waals surface area contributed by atoms with E-state index in [-0.39, 0.29) is 0 Å². The fourth-order valence-electron chi connectivity index (χ4n) is 1.41. The molecule has 0 aliphatic rings. The quantitative estimate of drug-likeness (QED) is 0.820. The summed E-state index contributed by atoms with van der Waals surface area (Å²) in [4.78, 5) is 4.04. The molecular formula is C13H8Cl2N2O. The van der Waals surface area contributed by atoms with Gasteiger partial charge in [-0.05, 0) is 25.1 Å². The van der Waals surface area contributed by atoms with E-state index in [0.717, 1.165) is 5.69 Å². The van der Waals surface area contributed by atoms with Crippen LogP contribution in [0.25, 0.3) is 0 Å². The maximum absolute atomic E-state index is 8.85. The lowest BCUT2D eigenvalue weighted by Crippen LogP contribution is -1.89. The van der Waals surface area contributed by atoms with Crippen LogP contribution in [0.1, 0.15) is 11.3 Å². The Morgan fingerprint density at radius 2 is 2.00 bits per heavy atom. The molecule has 3 nitrogen and oxygen atoms in total. The molecule has 0 fully saturated rings. The molecular weight excluding hydrogens is 271 g/mol. The van der Waals surface area contributed by atoms with Crippen molar-refractivity contribution in [2.45, 2.75) is 6.92 Å². The van der Waals surface area contributed by atoms with Crippen molar-refractivity contribution >= 4 is 23.2 Å². The van der Waals surface area contributed by atoms with E-state index in [1.54, 1.807) is 24.3 Å². The van der Waals surface area contributed by atoms with E-state index in [2.05, 4.69) is 4.98 Å². The fourth-order valence-corrected chi connectivity index (χ4v) is 1.78. The molecule has 1 aromatic carbocycles. The zero-order valence-electron chi connectivity index (χ0n) is 9.45. The Hall–Kier alpha value is -1.76.